The van der Waals surface area contributed by atoms with Crippen molar-refractivity contribution in [3.63, 3.8) is 0 Å². The molecule has 3 heteroatoms. The Balaban J connectivity index is 0.00000162. The Hall–Kier alpha value is -0.570. The lowest BCUT2D eigenvalue weighted by Crippen LogP contribution is -2.48. The molecule has 2 atom stereocenters. The molecule has 102 valence electrons. The molecule has 1 saturated heterocycles. The fourth-order valence-electron chi connectivity index (χ4n) is 2.74. The highest BCUT2D eigenvalue weighted by atomic mass is 35.5. The topological polar surface area (TPSA) is 29.3 Å². The molecule has 1 heterocycles. The average molecular weight is 269 g/mol. The minimum atomic E-state index is 0. The van der Waals surface area contributed by atoms with E-state index in [1.165, 1.54) is 36.9 Å². The van der Waals surface area contributed by atoms with Crippen LogP contribution in [-0.4, -0.2) is 23.5 Å². The van der Waals surface area contributed by atoms with Crippen LogP contribution in [0.5, 0.6) is 0 Å². The Morgan fingerprint density at radius 3 is 2.56 bits per heavy atom. The zero-order valence-electron chi connectivity index (χ0n) is 11.4. The van der Waals surface area contributed by atoms with Gasteiger partial charge in [0, 0.05) is 18.6 Å². The number of nitrogens with two attached hydrogens (primary N) is 1. The van der Waals surface area contributed by atoms with Crippen molar-refractivity contribution in [1.29, 1.82) is 0 Å². The zero-order valence-corrected chi connectivity index (χ0v) is 12.2. The molecule has 1 aromatic carbocycles. The third-order valence-corrected chi connectivity index (χ3v) is 3.78. The van der Waals surface area contributed by atoms with Crippen molar-refractivity contribution in [2.24, 2.45) is 5.73 Å². The van der Waals surface area contributed by atoms with E-state index in [1.807, 2.05) is 0 Å². The summed E-state index contributed by atoms with van der Waals surface area (Å²) in [5, 5.41) is 0. The zero-order chi connectivity index (χ0) is 12.3. The quantitative estimate of drug-likeness (QED) is 0.913. The number of nitrogens with zero attached hydrogens (tertiary/aromatic N) is 1. The van der Waals surface area contributed by atoms with Gasteiger partial charge in [-0.1, -0.05) is 36.2 Å². The smallest absolute Gasteiger partial charge is 0.0248 e. The van der Waals surface area contributed by atoms with Gasteiger partial charge >= 0.3 is 0 Å². The molecule has 0 amide bonds. The second kappa shape index (κ2) is 7.13. The van der Waals surface area contributed by atoms with E-state index in [9.17, 15) is 0 Å². The molecule has 1 aliphatic heterocycles. The Kier molecular flexibility index (Phi) is 6.13. The number of halogens is 1. The number of aryl methyl sites for hydroxylation is 1. The number of hydrogen-bond donors (Lipinski definition) is 1. The van der Waals surface area contributed by atoms with E-state index in [1.54, 1.807) is 0 Å². The lowest BCUT2D eigenvalue weighted by atomic mass is 9.96. The number of hydrogen-bond acceptors (Lipinski definition) is 2. The highest BCUT2D eigenvalue weighted by molar-refractivity contribution is 5.85. The molecule has 0 aliphatic carbocycles. The van der Waals surface area contributed by atoms with Crippen molar-refractivity contribution < 1.29 is 0 Å². The minimum Gasteiger partial charge on any atom is -0.327 e. The van der Waals surface area contributed by atoms with Gasteiger partial charge in [0.15, 0.2) is 0 Å². The Morgan fingerprint density at radius 2 is 1.94 bits per heavy atom. The van der Waals surface area contributed by atoms with Gasteiger partial charge in [-0.05, 0) is 38.8 Å². The molecule has 2 rings (SSSR count). The van der Waals surface area contributed by atoms with E-state index in [4.69, 9.17) is 5.73 Å². The van der Waals surface area contributed by atoms with Gasteiger partial charge in [-0.25, -0.2) is 0 Å². The molecule has 2 unspecified atom stereocenters. The Bertz CT molecular complexity index is 348. The molecular weight excluding hydrogens is 244 g/mol. The molecule has 0 saturated carbocycles. The van der Waals surface area contributed by atoms with Crippen molar-refractivity contribution in [3.05, 3.63) is 35.4 Å². The van der Waals surface area contributed by atoms with E-state index in [2.05, 4.69) is 43.0 Å². The molecule has 0 spiro atoms. The van der Waals surface area contributed by atoms with Gasteiger partial charge < -0.3 is 5.73 Å². The van der Waals surface area contributed by atoms with Crippen LogP contribution in [0.1, 0.15) is 37.3 Å². The second-order valence-electron chi connectivity index (χ2n) is 5.38. The van der Waals surface area contributed by atoms with E-state index < -0.39 is 0 Å². The molecule has 2 nitrogen and oxygen atoms in total. The first-order valence-corrected chi connectivity index (χ1v) is 6.72. The number of benzene rings is 1. The highest BCUT2D eigenvalue weighted by Crippen LogP contribution is 2.21. The van der Waals surface area contributed by atoms with Crippen LogP contribution in [0.3, 0.4) is 0 Å². The van der Waals surface area contributed by atoms with Crippen LogP contribution in [0.4, 0.5) is 0 Å². The van der Waals surface area contributed by atoms with E-state index in [0.717, 1.165) is 6.54 Å². The molecule has 18 heavy (non-hydrogen) atoms. The van der Waals surface area contributed by atoms with Crippen LogP contribution >= 0.6 is 12.4 Å². The van der Waals surface area contributed by atoms with Crippen LogP contribution < -0.4 is 5.73 Å². The largest absolute Gasteiger partial charge is 0.327 e. The van der Waals surface area contributed by atoms with Gasteiger partial charge in [0.05, 0.1) is 0 Å². The average Bonchev–Trinajstić information content (AvgIpc) is 2.32. The van der Waals surface area contributed by atoms with Gasteiger partial charge in [0.2, 0.25) is 0 Å². The van der Waals surface area contributed by atoms with E-state index in [0.29, 0.717) is 6.04 Å². The van der Waals surface area contributed by atoms with Crippen molar-refractivity contribution >= 4 is 12.4 Å². The fraction of sp³-hybridized carbons (Fsp3) is 0.600. The summed E-state index contributed by atoms with van der Waals surface area (Å²) in [5.74, 6) is 0. The molecule has 1 aromatic rings. The first kappa shape index (κ1) is 15.5. The van der Waals surface area contributed by atoms with Crippen molar-refractivity contribution in [2.45, 2.75) is 51.7 Å². The fourth-order valence-corrected chi connectivity index (χ4v) is 2.74. The maximum Gasteiger partial charge on any atom is 0.0248 e. The normalized spacial score (nSPS) is 22.3. The van der Waals surface area contributed by atoms with Crippen LogP contribution in [0.25, 0.3) is 0 Å². The van der Waals surface area contributed by atoms with Crippen molar-refractivity contribution in [3.8, 4) is 0 Å². The number of piperidine rings is 1. The van der Waals surface area contributed by atoms with Crippen LogP contribution in [-0.2, 0) is 6.54 Å². The summed E-state index contributed by atoms with van der Waals surface area (Å²) in [5.41, 5.74) is 8.83. The van der Waals surface area contributed by atoms with Gasteiger partial charge in [0.1, 0.15) is 0 Å². The number of likely N-dealkylation sites (tertiary alicyclic amines) is 1. The lowest BCUT2D eigenvalue weighted by Gasteiger charge is -2.38. The van der Waals surface area contributed by atoms with Crippen LogP contribution in [0.2, 0.25) is 0 Å². The summed E-state index contributed by atoms with van der Waals surface area (Å²) in [4.78, 5) is 2.55. The molecule has 0 radical (unpaired) electrons. The molecule has 2 N–H and O–H groups in total. The molecular formula is C15H25ClN2. The second-order valence-corrected chi connectivity index (χ2v) is 5.38. The summed E-state index contributed by atoms with van der Waals surface area (Å²) in [6.45, 7) is 6.51. The standard InChI is InChI=1S/C15H24N2.ClH/c1-12-6-8-14(9-7-12)11-17-10-4-3-5-15(17)13(2)16;/h6-9,13,15H,3-5,10-11,16H2,1-2H3;1H. The first-order chi connectivity index (χ1) is 8.16. The van der Waals surface area contributed by atoms with Crippen molar-refractivity contribution in [1.82, 2.24) is 4.90 Å². The van der Waals surface area contributed by atoms with Gasteiger partial charge in [-0.15, -0.1) is 12.4 Å². The van der Waals surface area contributed by atoms with E-state index >= 15 is 0 Å². The maximum atomic E-state index is 6.09. The van der Waals surface area contributed by atoms with Gasteiger partial charge in [-0.2, -0.15) is 0 Å². The molecule has 1 fully saturated rings. The highest BCUT2D eigenvalue weighted by Gasteiger charge is 2.25. The molecule has 0 aromatic heterocycles. The van der Waals surface area contributed by atoms with Gasteiger partial charge in [0.25, 0.3) is 0 Å². The lowest BCUT2D eigenvalue weighted by molar-refractivity contribution is 0.123. The van der Waals surface area contributed by atoms with E-state index in [-0.39, 0.29) is 18.4 Å². The number of rotatable bonds is 3. The monoisotopic (exact) mass is 268 g/mol. The Morgan fingerprint density at radius 1 is 1.28 bits per heavy atom. The summed E-state index contributed by atoms with van der Waals surface area (Å²) in [6.07, 6.45) is 3.90. The summed E-state index contributed by atoms with van der Waals surface area (Å²) in [6, 6.07) is 9.70. The van der Waals surface area contributed by atoms with Crippen molar-refractivity contribution in [2.75, 3.05) is 6.54 Å². The predicted molar refractivity (Wildman–Crippen MR) is 80.1 cm³/mol. The molecule has 0 bridgehead atoms. The maximum absolute atomic E-state index is 6.09. The molecule has 1 aliphatic rings. The summed E-state index contributed by atoms with van der Waals surface area (Å²) < 4.78 is 0. The van der Waals surface area contributed by atoms with Crippen LogP contribution in [0, 0.1) is 6.92 Å². The summed E-state index contributed by atoms with van der Waals surface area (Å²) >= 11 is 0. The van der Waals surface area contributed by atoms with Gasteiger partial charge in [-0.3, -0.25) is 4.90 Å². The SMILES string of the molecule is Cc1ccc(CN2CCCCC2C(C)N)cc1.Cl. The third kappa shape index (κ3) is 3.98. The van der Waals surface area contributed by atoms with Crippen LogP contribution in [0.15, 0.2) is 24.3 Å². The summed E-state index contributed by atoms with van der Waals surface area (Å²) in [7, 11) is 0. The minimum absolute atomic E-state index is 0. The Labute approximate surface area is 117 Å². The third-order valence-electron chi connectivity index (χ3n) is 3.78. The first-order valence-electron chi connectivity index (χ1n) is 6.72. The predicted octanol–water partition coefficient (Wildman–Crippen LogP) is 3.12.